The molecule has 1 aromatic heterocycles. The van der Waals surface area contributed by atoms with Gasteiger partial charge in [0.05, 0.1) is 19.7 Å². The van der Waals surface area contributed by atoms with Crippen molar-refractivity contribution in [3.05, 3.63) is 23.4 Å². The Kier molecular flexibility index (Phi) is 4.66. The number of fused-ring (bicyclic) bond motifs is 2. The van der Waals surface area contributed by atoms with Crippen LogP contribution in [0.3, 0.4) is 0 Å². The molecule has 1 fully saturated rings. The third-order valence-electron chi connectivity index (χ3n) is 5.41. The van der Waals surface area contributed by atoms with Crippen LogP contribution in [-0.4, -0.2) is 38.3 Å². The van der Waals surface area contributed by atoms with Crippen molar-refractivity contribution in [1.82, 2.24) is 10.3 Å². The minimum absolute atomic E-state index is 0.464. The summed E-state index contributed by atoms with van der Waals surface area (Å²) in [7, 11) is 3.36. The standard InChI is InChI=1S/C20H27N3O2/c1-24-18-10-15-17(11-19(18)25-2)23-16-8-5-7-14(16)20(15)22-13-6-3-4-9-21-12-13/h10-11,13,21H,3-9,12H2,1-2H3,(H,22,23)/t13-/m1/s1. The van der Waals surface area contributed by atoms with E-state index in [1.807, 2.05) is 6.07 Å². The molecule has 1 aromatic carbocycles. The molecule has 5 nitrogen and oxygen atoms in total. The van der Waals surface area contributed by atoms with E-state index in [1.165, 1.54) is 42.6 Å². The van der Waals surface area contributed by atoms with Crippen LogP contribution in [0.2, 0.25) is 0 Å². The van der Waals surface area contributed by atoms with Gasteiger partial charge in [-0.15, -0.1) is 0 Å². The number of methoxy groups -OCH3 is 2. The van der Waals surface area contributed by atoms with Crippen LogP contribution in [-0.2, 0) is 12.8 Å². The second kappa shape index (κ2) is 7.08. The molecule has 134 valence electrons. The topological polar surface area (TPSA) is 55.4 Å². The molecule has 0 spiro atoms. The maximum Gasteiger partial charge on any atom is 0.162 e. The Morgan fingerprint density at radius 1 is 1.08 bits per heavy atom. The Hall–Kier alpha value is -2.01. The van der Waals surface area contributed by atoms with Crippen LogP contribution in [0.15, 0.2) is 12.1 Å². The Morgan fingerprint density at radius 3 is 2.76 bits per heavy atom. The summed E-state index contributed by atoms with van der Waals surface area (Å²) in [6.07, 6.45) is 7.10. The third-order valence-corrected chi connectivity index (χ3v) is 5.41. The largest absolute Gasteiger partial charge is 0.493 e. The van der Waals surface area contributed by atoms with Crippen LogP contribution in [0, 0.1) is 0 Å². The molecule has 1 saturated heterocycles. The van der Waals surface area contributed by atoms with Gasteiger partial charge in [-0.05, 0) is 50.3 Å². The molecule has 0 amide bonds. The Balaban J connectivity index is 1.82. The van der Waals surface area contributed by atoms with Crippen molar-refractivity contribution in [2.75, 3.05) is 32.6 Å². The maximum absolute atomic E-state index is 5.54. The van der Waals surface area contributed by atoms with Gasteiger partial charge in [0, 0.05) is 35.4 Å². The van der Waals surface area contributed by atoms with Gasteiger partial charge in [-0.2, -0.15) is 0 Å². The fraction of sp³-hybridized carbons (Fsp3) is 0.550. The summed E-state index contributed by atoms with van der Waals surface area (Å²) in [6, 6.07) is 4.54. The molecule has 2 aromatic rings. The van der Waals surface area contributed by atoms with Gasteiger partial charge in [-0.25, -0.2) is 0 Å². The molecular formula is C20H27N3O2. The van der Waals surface area contributed by atoms with Crippen LogP contribution in [0.1, 0.15) is 36.9 Å². The lowest BCUT2D eigenvalue weighted by atomic mass is 10.0. The molecule has 1 atom stereocenters. The molecule has 2 heterocycles. The van der Waals surface area contributed by atoms with E-state index in [0.717, 1.165) is 48.3 Å². The van der Waals surface area contributed by atoms with Crippen LogP contribution in [0.25, 0.3) is 10.9 Å². The quantitative estimate of drug-likeness (QED) is 0.894. The van der Waals surface area contributed by atoms with Crippen molar-refractivity contribution in [2.45, 2.75) is 44.6 Å². The highest BCUT2D eigenvalue weighted by molar-refractivity contribution is 5.96. The summed E-state index contributed by atoms with van der Waals surface area (Å²) in [6.45, 7) is 2.14. The number of hydrogen-bond acceptors (Lipinski definition) is 5. The monoisotopic (exact) mass is 341 g/mol. The highest BCUT2D eigenvalue weighted by Gasteiger charge is 2.23. The number of pyridine rings is 1. The van der Waals surface area contributed by atoms with Crippen molar-refractivity contribution < 1.29 is 9.47 Å². The van der Waals surface area contributed by atoms with Crippen LogP contribution < -0.4 is 20.1 Å². The normalized spacial score (nSPS) is 20.2. The smallest absolute Gasteiger partial charge is 0.162 e. The van der Waals surface area contributed by atoms with Crippen molar-refractivity contribution in [1.29, 1.82) is 0 Å². The zero-order chi connectivity index (χ0) is 17.2. The van der Waals surface area contributed by atoms with Gasteiger partial charge in [0.15, 0.2) is 11.5 Å². The number of rotatable bonds is 4. The summed E-state index contributed by atoms with van der Waals surface area (Å²) in [4.78, 5) is 4.92. The average molecular weight is 341 g/mol. The van der Waals surface area contributed by atoms with E-state index in [4.69, 9.17) is 14.5 Å². The van der Waals surface area contributed by atoms with Crippen LogP contribution in [0.4, 0.5) is 5.69 Å². The highest BCUT2D eigenvalue weighted by Crippen LogP contribution is 2.39. The van der Waals surface area contributed by atoms with Gasteiger partial charge in [-0.3, -0.25) is 4.98 Å². The van der Waals surface area contributed by atoms with E-state index in [0.29, 0.717) is 6.04 Å². The summed E-state index contributed by atoms with van der Waals surface area (Å²) >= 11 is 0. The van der Waals surface area contributed by atoms with Gasteiger partial charge >= 0.3 is 0 Å². The predicted octanol–water partition coefficient (Wildman–Crippen LogP) is 3.29. The van der Waals surface area contributed by atoms with E-state index in [1.54, 1.807) is 14.2 Å². The number of nitrogens with zero attached hydrogens (tertiary/aromatic N) is 1. The maximum atomic E-state index is 5.54. The molecule has 25 heavy (non-hydrogen) atoms. The van der Waals surface area contributed by atoms with Crippen LogP contribution in [0.5, 0.6) is 11.5 Å². The first-order valence-electron chi connectivity index (χ1n) is 9.35. The first-order valence-corrected chi connectivity index (χ1v) is 9.35. The van der Waals surface area contributed by atoms with E-state index in [9.17, 15) is 0 Å². The SMILES string of the molecule is COc1cc2nc3c(c(N[C@@H]4CCCCNC4)c2cc1OC)CCC3. The number of nitrogens with one attached hydrogen (secondary N) is 2. The fourth-order valence-electron chi connectivity index (χ4n) is 4.10. The van der Waals surface area contributed by atoms with Crippen molar-refractivity contribution in [2.24, 2.45) is 0 Å². The Bertz CT molecular complexity index is 767. The second-order valence-corrected chi connectivity index (χ2v) is 7.03. The molecule has 1 aliphatic heterocycles. The summed E-state index contributed by atoms with van der Waals surface area (Å²) in [5.41, 5.74) is 4.88. The number of ether oxygens (including phenoxy) is 2. The molecule has 0 saturated carbocycles. The zero-order valence-electron chi connectivity index (χ0n) is 15.2. The number of aromatic nitrogens is 1. The van der Waals surface area contributed by atoms with Gasteiger partial charge in [-0.1, -0.05) is 6.42 Å². The summed E-state index contributed by atoms with van der Waals surface area (Å²) in [5.74, 6) is 1.50. The molecule has 0 bridgehead atoms. The number of hydrogen-bond donors (Lipinski definition) is 2. The Morgan fingerprint density at radius 2 is 1.92 bits per heavy atom. The molecule has 2 aliphatic rings. The van der Waals surface area contributed by atoms with E-state index >= 15 is 0 Å². The highest BCUT2D eigenvalue weighted by atomic mass is 16.5. The van der Waals surface area contributed by atoms with E-state index in [2.05, 4.69) is 16.7 Å². The summed E-state index contributed by atoms with van der Waals surface area (Å²) in [5, 5.41) is 8.55. The summed E-state index contributed by atoms with van der Waals surface area (Å²) < 4.78 is 11.0. The molecule has 0 radical (unpaired) electrons. The molecule has 2 N–H and O–H groups in total. The first kappa shape index (κ1) is 16.5. The van der Waals surface area contributed by atoms with Crippen LogP contribution >= 0.6 is 0 Å². The molecule has 5 heteroatoms. The van der Waals surface area contributed by atoms with Crippen molar-refractivity contribution in [3.63, 3.8) is 0 Å². The second-order valence-electron chi connectivity index (χ2n) is 7.03. The van der Waals surface area contributed by atoms with Crippen molar-refractivity contribution in [3.8, 4) is 11.5 Å². The lowest BCUT2D eigenvalue weighted by Gasteiger charge is -2.22. The predicted molar refractivity (Wildman–Crippen MR) is 101 cm³/mol. The molecule has 0 unspecified atom stereocenters. The molecular weight excluding hydrogens is 314 g/mol. The minimum Gasteiger partial charge on any atom is -0.493 e. The lowest BCUT2D eigenvalue weighted by molar-refractivity contribution is 0.356. The average Bonchev–Trinajstić information content (AvgIpc) is 2.95. The first-order chi connectivity index (χ1) is 12.3. The van der Waals surface area contributed by atoms with Gasteiger partial charge in [0.25, 0.3) is 0 Å². The number of anilines is 1. The fourth-order valence-corrected chi connectivity index (χ4v) is 4.10. The minimum atomic E-state index is 0.464. The van der Waals surface area contributed by atoms with E-state index < -0.39 is 0 Å². The van der Waals surface area contributed by atoms with Gasteiger partial charge in [0.2, 0.25) is 0 Å². The molecule has 1 aliphatic carbocycles. The number of benzene rings is 1. The molecule has 4 rings (SSSR count). The van der Waals surface area contributed by atoms with Crippen molar-refractivity contribution >= 4 is 16.6 Å². The zero-order valence-corrected chi connectivity index (χ0v) is 15.2. The van der Waals surface area contributed by atoms with E-state index in [-0.39, 0.29) is 0 Å². The van der Waals surface area contributed by atoms with Gasteiger partial charge < -0.3 is 20.1 Å². The number of aryl methyl sites for hydroxylation is 1. The Labute approximate surface area is 149 Å². The lowest BCUT2D eigenvalue weighted by Crippen LogP contribution is -2.31. The van der Waals surface area contributed by atoms with Gasteiger partial charge in [0.1, 0.15) is 0 Å². The third kappa shape index (κ3) is 3.13.